The lowest BCUT2D eigenvalue weighted by atomic mass is 10.2. The van der Waals surface area contributed by atoms with Crippen LogP contribution in [0.25, 0.3) is 0 Å². The number of hydrogen-bond acceptors (Lipinski definition) is 2. The number of carboxylic acid groups (broad SMARTS) is 1. The lowest BCUT2D eigenvalue weighted by molar-refractivity contribution is 0.0698. The zero-order valence-corrected chi connectivity index (χ0v) is 10.9. The van der Waals surface area contributed by atoms with E-state index in [4.69, 9.17) is 16.7 Å². The number of hydrogen-bond donors (Lipinski definition) is 3. The number of carboxylic acids is 1. The van der Waals surface area contributed by atoms with Crippen molar-refractivity contribution in [3.63, 3.8) is 0 Å². The highest BCUT2D eigenvalue weighted by Gasteiger charge is 2.15. The monoisotopic (exact) mass is 270 g/mol. The van der Waals surface area contributed by atoms with Gasteiger partial charge in [0.2, 0.25) is 0 Å². The second kappa shape index (κ2) is 6.26. The van der Waals surface area contributed by atoms with Gasteiger partial charge in [-0.15, -0.1) is 0 Å². The molecule has 0 aliphatic rings. The minimum Gasteiger partial charge on any atom is -0.478 e. The molecule has 0 saturated carbocycles. The molecule has 3 N–H and O–H groups in total. The van der Waals surface area contributed by atoms with E-state index in [0.29, 0.717) is 12.5 Å². The number of halogens is 1. The fraction of sp³-hybridized carbons (Fsp3) is 0.333. The van der Waals surface area contributed by atoms with Crippen LogP contribution in [0.2, 0.25) is 5.02 Å². The third-order valence-corrected chi connectivity index (χ3v) is 2.46. The highest BCUT2D eigenvalue weighted by molar-refractivity contribution is 6.34. The van der Waals surface area contributed by atoms with Crippen LogP contribution in [0.5, 0.6) is 0 Å². The summed E-state index contributed by atoms with van der Waals surface area (Å²) in [5.74, 6) is -0.867. The molecular weight excluding hydrogens is 256 g/mol. The lowest BCUT2D eigenvalue weighted by Crippen LogP contribution is -2.32. The third kappa shape index (κ3) is 3.92. The predicted octanol–water partition coefficient (Wildman–Crippen LogP) is 2.82. The molecule has 0 aromatic heterocycles. The SMILES string of the molecule is CC(C)CNC(=O)Nc1cccc(Cl)c1C(=O)O. The molecule has 0 atom stereocenters. The minimum atomic E-state index is -1.18. The Balaban J connectivity index is 2.81. The van der Waals surface area contributed by atoms with Gasteiger partial charge in [0.15, 0.2) is 0 Å². The number of nitrogens with one attached hydrogen (secondary N) is 2. The van der Waals surface area contributed by atoms with Gasteiger partial charge in [-0.25, -0.2) is 9.59 Å². The summed E-state index contributed by atoms with van der Waals surface area (Å²) in [7, 11) is 0. The fourth-order valence-corrected chi connectivity index (χ4v) is 1.56. The Hall–Kier alpha value is -1.75. The van der Waals surface area contributed by atoms with Gasteiger partial charge in [0.25, 0.3) is 0 Å². The number of carbonyl (C=O) groups excluding carboxylic acids is 1. The maximum atomic E-state index is 11.5. The Labute approximate surface area is 110 Å². The van der Waals surface area contributed by atoms with E-state index < -0.39 is 12.0 Å². The quantitative estimate of drug-likeness (QED) is 0.787. The van der Waals surface area contributed by atoms with E-state index in [1.54, 1.807) is 6.07 Å². The average Bonchev–Trinajstić information content (AvgIpc) is 2.26. The Kier molecular flexibility index (Phi) is 4.97. The standard InChI is InChI=1S/C12H15ClN2O3/c1-7(2)6-14-12(18)15-9-5-3-4-8(13)10(9)11(16)17/h3-5,7H,6H2,1-2H3,(H,16,17)(H2,14,15,18). The van der Waals surface area contributed by atoms with Crippen molar-refractivity contribution < 1.29 is 14.7 Å². The third-order valence-electron chi connectivity index (χ3n) is 2.15. The van der Waals surface area contributed by atoms with Gasteiger partial charge in [0, 0.05) is 6.54 Å². The smallest absolute Gasteiger partial charge is 0.339 e. The first-order valence-corrected chi connectivity index (χ1v) is 5.86. The van der Waals surface area contributed by atoms with Crippen molar-refractivity contribution in [1.82, 2.24) is 5.32 Å². The molecule has 98 valence electrons. The number of benzene rings is 1. The first-order valence-electron chi connectivity index (χ1n) is 5.48. The largest absolute Gasteiger partial charge is 0.478 e. The molecule has 0 radical (unpaired) electrons. The van der Waals surface area contributed by atoms with E-state index in [2.05, 4.69) is 10.6 Å². The van der Waals surface area contributed by atoms with E-state index in [-0.39, 0.29) is 16.3 Å². The van der Waals surface area contributed by atoms with Crippen molar-refractivity contribution in [3.8, 4) is 0 Å². The summed E-state index contributed by atoms with van der Waals surface area (Å²) in [5.41, 5.74) is 0.0649. The molecule has 0 saturated heterocycles. The molecule has 0 aliphatic carbocycles. The topological polar surface area (TPSA) is 78.4 Å². The molecule has 5 nitrogen and oxygen atoms in total. The van der Waals surface area contributed by atoms with Crippen molar-refractivity contribution in [2.45, 2.75) is 13.8 Å². The van der Waals surface area contributed by atoms with Crippen molar-refractivity contribution in [2.24, 2.45) is 5.92 Å². The Morgan fingerprint density at radius 1 is 1.39 bits per heavy atom. The van der Waals surface area contributed by atoms with Crippen LogP contribution in [-0.2, 0) is 0 Å². The van der Waals surface area contributed by atoms with Gasteiger partial charge in [0.1, 0.15) is 5.56 Å². The maximum absolute atomic E-state index is 11.5. The Bertz CT molecular complexity index is 461. The summed E-state index contributed by atoms with van der Waals surface area (Å²) in [4.78, 5) is 22.6. The number of aromatic carboxylic acids is 1. The van der Waals surface area contributed by atoms with Crippen molar-refractivity contribution in [1.29, 1.82) is 0 Å². The van der Waals surface area contributed by atoms with Crippen LogP contribution < -0.4 is 10.6 Å². The molecular formula is C12H15ClN2O3. The van der Waals surface area contributed by atoms with Crippen LogP contribution in [0.4, 0.5) is 10.5 Å². The lowest BCUT2D eigenvalue weighted by Gasteiger charge is -2.11. The van der Waals surface area contributed by atoms with Crippen molar-refractivity contribution >= 4 is 29.3 Å². The van der Waals surface area contributed by atoms with Gasteiger partial charge in [-0.05, 0) is 18.1 Å². The number of rotatable bonds is 4. The van der Waals surface area contributed by atoms with Gasteiger partial charge in [-0.2, -0.15) is 0 Å². The zero-order chi connectivity index (χ0) is 13.7. The van der Waals surface area contributed by atoms with E-state index in [0.717, 1.165) is 0 Å². The van der Waals surface area contributed by atoms with Crippen LogP contribution in [0.15, 0.2) is 18.2 Å². The Morgan fingerprint density at radius 3 is 2.61 bits per heavy atom. The van der Waals surface area contributed by atoms with Gasteiger partial charge >= 0.3 is 12.0 Å². The molecule has 1 aromatic carbocycles. The minimum absolute atomic E-state index is 0.0872. The first kappa shape index (κ1) is 14.3. The van der Waals surface area contributed by atoms with E-state index in [1.165, 1.54) is 12.1 Å². The molecule has 0 fully saturated rings. The molecule has 0 aliphatic heterocycles. The van der Waals surface area contributed by atoms with Gasteiger partial charge in [-0.1, -0.05) is 31.5 Å². The Morgan fingerprint density at radius 2 is 2.06 bits per heavy atom. The van der Waals surface area contributed by atoms with Gasteiger partial charge < -0.3 is 15.7 Å². The summed E-state index contributed by atoms with van der Waals surface area (Å²) in [6, 6.07) is 4.08. The molecule has 2 amide bonds. The summed E-state index contributed by atoms with van der Waals surface area (Å²) in [6.45, 7) is 4.43. The fourth-order valence-electron chi connectivity index (χ4n) is 1.31. The van der Waals surface area contributed by atoms with Crippen molar-refractivity contribution in [3.05, 3.63) is 28.8 Å². The second-order valence-electron chi connectivity index (χ2n) is 4.20. The van der Waals surface area contributed by atoms with Crippen LogP contribution in [0.1, 0.15) is 24.2 Å². The molecule has 1 rings (SSSR count). The average molecular weight is 271 g/mol. The number of urea groups is 1. The van der Waals surface area contributed by atoms with Crippen LogP contribution in [-0.4, -0.2) is 23.7 Å². The molecule has 0 bridgehead atoms. The highest BCUT2D eigenvalue weighted by atomic mass is 35.5. The summed E-state index contributed by atoms with van der Waals surface area (Å²) < 4.78 is 0. The molecule has 0 heterocycles. The molecule has 0 spiro atoms. The van der Waals surface area contributed by atoms with Crippen LogP contribution in [0.3, 0.4) is 0 Å². The molecule has 1 aromatic rings. The van der Waals surface area contributed by atoms with E-state index >= 15 is 0 Å². The van der Waals surface area contributed by atoms with Gasteiger partial charge in [-0.3, -0.25) is 0 Å². The number of carbonyl (C=O) groups is 2. The maximum Gasteiger partial charge on any atom is 0.339 e. The highest BCUT2D eigenvalue weighted by Crippen LogP contribution is 2.24. The number of amides is 2. The first-order chi connectivity index (χ1) is 8.41. The molecule has 0 unspecified atom stereocenters. The summed E-state index contributed by atoms with van der Waals surface area (Å²) in [6.07, 6.45) is 0. The zero-order valence-electron chi connectivity index (χ0n) is 10.2. The van der Waals surface area contributed by atoms with Crippen LogP contribution in [0, 0.1) is 5.92 Å². The predicted molar refractivity (Wildman–Crippen MR) is 70.3 cm³/mol. The number of anilines is 1. The van der Waals surface area contributed by atoms with Crippen molar-refractivity contribution in [2.75, 3.05) is 11.9 Å². The second-order valence-corrected chi connectivity index (χ2v) is 4.60. The molecule has 18 heavy (non-hydrogen) atoms. The van der Waals surface area contributed by atoms with Gasteiger partial charge in [0.05, 0.1) is 10.7 Å². The van der Waals surface area contributed by atoms with E-state index in [9.17, 15) is 9.59 Å². The normalized spacial score (nSPS) is 10.2. The molecule has 6 heteroatoms. The van der Waals surface area contributed by atoms with E-state index in [1.807, 2.05) is 13.8 Å². The summed E-state index contributed by atoms with van der Waals surface area (Å²) >= 11 is 5.78. The van der Waals surface area contributed by atoms with Crippen LogP contribution >= 0.6 is 11.6 Å². The summed E-state index contributed by atoms with van der Waals surface area (Å²) in [5, 5.41) is 14.2.